The Hall–Kier alpha value is -1.65. The fraction of sp³-hybridized carbons (Fsp3) is 0.583. The van der Waals surface area contributed by atoms with Gasteiger partial charge < -0.3 is 9.84 Å². The summed E-state index contributed by atoms with van der Waals surface area (Å²) in [5.74, 6) is -2.82. The van der Waals surface area contributed by atoms with Crippen LogP contribution in [-0.2, 0) is 19.1 Å². The minimum atomic E-state index is -1.30. The molecule has 0 spiro atoms. The number of hydrogen-bond donors (Lipinski definition) is 1. The second-order valence-corrected chi connectivity index (χ2v) is 4.55. The smallest absolute Gasteiger partial charge is 0.335 e. The molecule has 2 rings (SSSR count). The third kappa shape index (κ3) is 1.97. The van der Waals surface area contributed by atoms with Gasteiger partial charge in [-0.05, 0) is 12.8 Å². The number of carbonyl (C=O) groups is 3. The van der Waals surface area contributed by atoms with Crippen LogP contribution >= 0.6 is 0 Å². The zero-order valence-electron chi connectivity index (χ0n) is 9.35. The summed E-state index contributed by atoms with van der Waals surface area (Å²) in [6.45, 7) is 3.30. The zero-order chi connectivity index (χ0) is 12.6. The lowest BCUT2D eigenvalue weighted by molar-refractivity contribution is -0.172. The van der Waals surface area contributed by atoms with E-state index in [0.717, 1.165) is 12.8 Å². The molecule has 1 saturated carbocycles. The van der Waals surface area contributed by atoms with Crippen molar-refractivity contribution in [2.45, 2.75) is 31.8 Å². The highest BCUT2D eigenvalue weighted by atomic mass is 16.6. The standard InChI is InChI=1S/C12H14O5/c1-6(11(14)15)10-9(13)7-4-2-3-5-8(7)12(16)17-10/h7-8,10H,1-5H2,(H,14,15). The van der Waals surface area contributed by atoms with E-state index in [1.807, 2.05) is 0 Å². The number of Topliss-reactive ketones (excluding diaryl/α,β-unsaturated/α-hetero) is 1. The van der Waals surface area contributed by atoms with Crippen LogP contribution in [0.15, 0.2) is 12.2 Å². The summed E-state index contributed by atoms with van der Waals surface area (Å²) >= 11 is 0. The lowest BCUT2D eigenvalue weighted by Crippen LogP contribution is -2.48. The summed E-state index contributed by atoms with van der Waals surface area (Å²) in [5, 5.41) is 8.79. The number of cyclic esters (lactones) is 1. The molecule has 0 bridgehead atoms. The number of carbonyl (C=O) groups excluding carboxylic acids is 2. The van der Waals surface area contributed by atoms with Gasteiger partial charge in [0.2, 0.25) is 0 Å². The Bertz CT molecular complexity index is 398. The molecule has 0 aromatic rings. The van der Waals surface area contributed by atoms with E-state index in [4.69, 9.17) is 9.84 Å². The van der Waals surface area contributed by atoms with Gasteiger partial charge in [0.15, 0.2) is 11.9 Å². The monoisotopic (exact) mass is 238 g/mol. The van der Waals surface area contributed by atoms with Gasteiger partial charge in [0.25, 0.3) is 0 Å². The first-order chi connectivity index (χ1) is 8.02. The van der Waals surface area contributed by atoms with Crippen LogP contribution in [0.1, 0.15) is 25.7 Å². The number of ketones is 1. The maximum absolute atomic E-state index is 12.0. The SMILES string of the molecule is C=C(C(=O)O)C1OC(=O)C2CCCCC2C1=O. The van der Waals surface area contributed by atoms with Crippen molar-refractivity contribution in [1.29, 1.82) is 0 Å². The molecule has 5 heteroatoms. The average Bonchev–Trinajstić information content (AvgIpc) is 2.33. The fourth-order valence-corrected chi connectivity index (χ4v) is 2.56. The number of aliphatic carboxylic acids is 1. The molecule has 1 N–H and O–H groups in total. The molecule has 0 aromatic heterocycles. The minimum Gasteiger partial charge on any atom is -0.478 e. The topological polar surface area (TPSA) is 80.7 Å². The highest BCUT2D eigenvalue weighted by Crippen LogP contribution is 2.37. The van der Waals surface area contributed by atoms with Crippen LogP contribution in [0.3, 0.4) is 0 Å². The normalized spacial score (nSPS) is 32.6. The molecule has 2 fully saturated rings. The van der Waals surface area contributed by atoms with Crippen LogP contribution in [0.25, 0.3) is 0 Å². The Morgan fingerprint density at radius 3 is 2.41 bits per heavy atom. The van der Waals surface area contributed by atoms with Crippen LogP contribution in [0.2, 0.25) is 0 Å². The van der Waals surface area contributed by atoms with E-state index in [-0.39, 0.29) is 23.2 Å². The van der Waals surface area contributed by atoms with Gasteiger partial charge in [-0.2, -0.15) is 0 Å². The van der Waals surface area contributed by atoms with E-state index in [2.05, 4.69) is 6.58 Å². The first-order valence-corrected chi connectivity index (χ1v) is 5.68. The van der Waals surface area contributed by atoms with E-state index in [1.165, 1.54) is 0 Å². The highest BCUT2D eigenvalue weighted by molar-refractivity contribution is 6.03. The summed E-state index contributed by atoms with van der Waals surface area (Å²) in [6.07, 6.45) is 1.81. The average molecular weight is 238 g/mol. The lowest BCUT2D eigenvalue weighted by Gasteiger charge is -2.36. The number of esters is 1. The highest BCUT2D eigenvalue weighted by Gasteiger charge is 2.47. The first kappa shape index (κ1) is 11.8. The molecule has 0 aromatic carbocycles. The molecule has 1 saturated heterocycles. The Morgan fingerprint density at radius 1 is 1.24 bits per heavy atom. The van der Waals surface area contributed by atoms with Crippen molar-refractivity contribution in [2.75, 3.05) is 0 Å². The third-order valence-electron chi connectivity index (χ3n) is 3.52. The Morgan fingerprint density at radius 2 is 1.82 bits per heavy atom. The van der Waals surface area contributed by atoms with Crippen molar-refractivity contribution in [3.8, 4) is 0 Å². The summed E-state index contributed by atoms with van der Waals surface area (Å²) in [7, 11) is 0. The molecule has 0 radical (unpaired) electrons. The van der Waals surface area contributed by atoms with Gasteiger partial charge >= 0.3 is 11.9 Å². The molecular formula is C12H14O5. The summed E-state index contributed by atoms with van der Waals surface area (Å²) in [4.78, 5) is 34.5. The largest absolute Gasteiger partial charge is 0.478 e. The van der Waals surface area contributed by atoms with Gasteiger partial charge in [0.1, 0.15) is 0 Å². The van der Waals surface area contributed by atoms with Crippen LogP contribution in [0.4, 0.5) is 0 Å². The Kier molecular flexibility index (Phi) is 3.00. The van der Waals surface area contributed by atoms with Crippen LogP contribution in [0, 0.1) is 11.8 Å². The van der Waals surface area contributed by atoms with Gasteiger partial charge in [-0.25, -0.2) is 4.79 Å². The quantitative estimate of drug-likeness (QED) is 0.571. The molecule has 0 amide bonds. The molecule has 17 heavy (non-hydrogen) atoms. The van der Waals surface area contributed by atoms with Gasteiger partial charge in [0, 0.05) is 5.92 Å². The number of rotatable bonds is 2. The Labute approximate surface area is 98.4 Å². The van der Waals surface area contributed by atoms with E-state index in [1.54, 1.807) is 0 Å². The molecule has 92 valence electrons. The number of fused-ring (bicyclic) bond motifs is 1. The zero-order valence-corrected chi connectivity index (χ0v) is 9.35. The molecular weight excluding hydrogens is 224 g/mol. The molecule has 3 unspecified atom stereocenters. The number of ether oxygens (including phenoxy) is 1. The minimum absolute atomic E-state index is 0.304. The van der Waals surface area contributed by atoms with E-state index < -0.39 is 18.0 Å². The van der Waals surface area contributed by atoms with Crippen molar-refractivity contribution >= 4 is 17.7 Å². The second-order valence-electron chi connectivity index (χ2n) is 4.55. The maximum atomic E-state index is 12.0. The fourth-order valence-electron chi connectivity index (χ4n) is 2.56. The van der Waals surface area contributed by atoms with E-state index >= 15 is 0 Å². The Balaban J connectivity index is 2.22. The number of carboxylic acids is 1. The van der Waals surface area contributed by atoms with Crippen molar-refractivity contribution in [3.05, 3.63) is 12.2 Å². The summed E-state index contributed by atoms with van der Waals surface area (Å²) in [5.41, 5.74) is -0.354. The summed E-state index contributed by atoms with van der Waals surface area (Å²) in [6, 6.07) is 0. The summed E-state index contributed by atoms with van der Waals surface area (Å²) < 4.78 is 4.92. The van der Waals surface area contributed by atoms with Crippen molar-refractivity contribution in [2.24, 2.45) is 11.8 Å². The molecule has 2 aliphatic rings. The molecule has 3 atom stereocenters. The molecule has 1 heterocycles. The second kappa shape index (κ2) is 4.31. The van der Waals surface area contributed by atoms with Gasteiger partial charge in [0.05, 0.1) is 11.5 Å². The molecule has 5 nitrogen and oxygen atoms in total. The van der Waals surface area contributed by atoms with Gasteiger partial charge in [-0.15, -0.1) is 0 Å². The van der Waals surface area contributed by atoms with Crippen molar-refractivity contribution in [3.63, 3.8) is 0 Å². The van der Waals surface area contributed by atoms with Crippen LogP contribution < -0.4 is 0 Å². The lowest BCUT2D eigenvalue weighted by atomic mass is 9.73. The maximum Gasteiger partial charge on any atom is 0.335 e. The molecule has 1 aliphatic carbocycles. The van der Waals surface area contributed by atoms with Gasteiger partial charge in [-0.1, -0.05) is 19.4 Å². The number of carboxylic acid groups (broad SMARTS) is 1. The van der Waals surface area contributed by atoms with E-state index in [9.17, 15) is 14.4 Å². The van der Waals surface area contributed by atoms with Crippen molar-refractivity contribution < 1.29 is 24.2 Å². The number of hydrogen-bond acceptors (Lipinski definition) is 4. The van der Waals surface area contributed by atoms with Crippen LogP contribution in [0.5, 0.6) is 0 Å². The van der Waals surface area contributed by atoms with Crippen molar-refractivity contribution in [1.82, 2.24) is 0 Å². The molecule has 1 aliphatic heterocycles. The predicted octanol–water partition coefficient (Wildman–Crippen LogP) is 0.928. The van der Waals surface area contributed by atoms with Gasteiger partial charge in [-0.3, -0.25) is 9.59 Å². The predicted molar refractivity (Wildman–Crippen MR) is 57.1 cm³/mol. The van der Waals surface area contributed by atoms with Crippen LogP contribution in [-0.4, -0.2) is 28.9 Å². The van der Waals surface area contributed by atoms with E-state index in [0.29, 0.717) is 12.8 Å². The first-order valence-electron chi connectivity index (χ1n) is 5.68. The third-order valence-corrected chi connectivity index (χ3v) is 3.52.